The number of aliphatic hydroxyl groups excluding tert-OH is 1. The summed E-state index contributed by atoms with van der Waals surface area (Å²) >= 11 is 0. The van der Waals surface area contributed by atoms with Gasteiger partial charge in [-0.3, -0.25) is 4.79 Å². The minimum atomic E-state index is -0.342. The third-order valence-corrected chi connectivity index (χ3v) is 4.47. The molecule has 142 valence electrons. The summed E-state index contributed by atoms with van der Waals surface area (Å²) in [5.74, 6) is 0.0910. The monoisotopic (exact) mass is 339 g/mol. The second kappa shape index (κ2) is 9.60. The number of allylic oxidation sites excluding steroid dienone is 2. The number of hydrogen-bond acceptors (Lipinski definition) is 2. The van der Waals surface area contributed by atoms with E-state index >= 15 is 0 Å². The van der Waals surface area contributed by atoms with Gasteiger partial charge in [-0.05, 0) is 56.8 Å². The lowest BCUT2D eigenvalue weighted by Crippen LogP contribution is -2.46. The molecule has 0 radical (unpaired) electrons. The van der Waals surface area contributed by atoms with Crippen LogP contribution in [0.3, 0.4) is 0 Å². The van der Waals surface area contributed by atoms with Crippen LogP contribution < -0.4 is 5.32 Å². The van der Waals surface area contributed by atoms with Crippen molar-refractivity contribution in [2.45, 2.75) is 93.0 Å². The second-order valence-corrected chi connectivity index (χ2v) is 9.89. The van der Waals surface area contributed by atoms with Gasteiger partial charge in [0.15, 0.2) is 0 Å². The molecular formula is C21H41NO2. The van der Waals surface area contributed by atoms with E-state index in [9.17, 15) is 4.79 Å². The van der Waals surface area contributed by atoms with Crippen molar-refractivity contribution in [1.29, 1.82) is 0 Å². The van der Waals surface area contributed by atoms with Gasteiger partial charge >= 0.3 is 0 Å². The Hall–Kier alpha value is -0.830. The first-order valence-corrected chi connectivity index (χ1v) is 9.36. The number of carbonyl (C=O) groups is 1. The summed E-state index contributed by atoms with van der Waals surface area (Å²) in [7, 11) is 0. The molecule has 0 aliphatic rings. The van der Waals surface area contributed by atoms with Crippen molar-refractivity contribution >= 4 is 5.91 Å². The lowest BCUT2D eigenvalue weighted by atomic mass is 9.81. The zero-order valence-electron chi connectivity index (χ0n) is 17.3. The number of carbonyl (C=O) groups excluding carboxylic acids is 1. The highest BCUT2D eigenvalue weighted by molar-refractivity contribution is 5.78. The van der Waals surface area contributed by atoms with E-state index in [4.69, 9.17) is 5.11 Å². The predicted octanol–water partition coefficient (Wildman–Crippen LogP) is 5.09. The molecule has 0 aromatic rings. The van der Waals surface area contributed by atoms with Crippen LogP contribution in [-0.4, -0.2) is 23.2 Å². The molecule has 1 amide bonds. The topological polar surface area (TPSA) is 49.3 Å². The smallest absolute Gasteiger partial charge is 0.223 e. The third kappa shape index (κ3) is 11.7. The third-order valence-electron chi connectivity index (χ3n) is 4.47. The van der Waals surface area contributed by atoms with Gasteiger partial charge in [-0.15, -0.1) is 0 Å². The Morgan fingerprint density at radius 2 is 1.54 bits per heavy atom. The summed E-state index contributed by atoms with van der Waals surface area (Å²) < 4.78 is 0. The van der Waals surface area contributed by atoms with E-state index in [0.29, 0.717) is 11.8 Å². The largest absolute Gasteiger partial charge is 0.396 e. The number of hydrogen-bond donors (Lipinski definition) is 2. The lowest BCUT2D eigenvalue weighted by molar-refractivity contribution is -0.126. The van der Waals surface area contributed by atoms with Gasteiger partial charge in [0.25, 0.3) is 0 Å². The summed E-state index contributed by atoms with van der Waals surface area (Å²) in [6, 6.07) is 0. The first-order chi connectivity index (χ1) is 10.8. The molecule has 0 aliphatic heterocycles. The van der Waals surface area contributed by atoms with Gasteiger partial charge in [-0.1, -0.05) is 53.7 Å². The molecule has 2 N–H and O–H groups in total. The first-order valence-electron chi connectivity index (χ1n) is 9.36. The van der Waals surface area contributed by atoms with Crippen LogP contribution in [0.2, 0.25) is 0 Å². The molecule has 0 rings (SSSR count). The van der Waals surface area contributed by atoms with Crippen LogP contribution in [0, 0.1) is 16.7 Å². The van der Waals surface area contributed by atoms with Gasteiger partial charge in [0.2, 0.25) is 5.91 Å². The van der Waals surface area contributed by atoms with Gasteiger partial charge in [-0.25, -0.2) is 0 Å². The molecule has 0 spiro atoms. The number of rotatable bonds is 10. The van der Waals surface area contributed by atoms with Gasteiger partial charge in [-0.2, -0.15) is 0 Å². The maximum atomic E-state index is 12.3. The van der Waals surface area contributed by atoms with E-state index in [2.05, 4.69) is 52.1 Å². The lowest BCUT2D eigenvalue weighted by Gasteiger charge is -2.29. The maximum Gasteiger partial charge on any atom is 0.223 e. The Kier molecular flexibility index (Phi) is 9.27. The average molecular weight is 340 g/mol. The minimum absolute atomic E-state index is 0.000739. The fraction of sp³-hybridized carbons (Fsp3) is 0.857. The molecule has 1 unspecified atom stereocenters. The van der Waals surface area contributed by atoms with E-state index in [1.54, 1.807) is 0 Å². The van der Waals surface area contributed by atoms with Crippen LogP contribution in [0.25, 0.3) is 0 Å². The fourth-order valence-electron chi connectivity index (χ4n) is 2.48. The molecule has 3 nitrogen and oxygen atoms in total. The van der Waals surface area contributed by atoms with Crippen LogP contribution in [-0.2, 0) is 4.79 Å². The van der Waals surface area contributed by atoms with Crippen molar-refractivity contribution in [2.75, 3.05) is 6.61 Å². The van der Waals surface area contributed by atoms with E-state index in [0.717, 1.165) is 25.7 Å². The summed E-state index contributed by atoms with van der Waals surface area (Å²) in [6.07, 6.45) is 9.23. The van der Waals surface area contributed by atoms with Crippen molar-refractivity contribution in [1.82, 2.24) is 5.32 Å². The van der Waals surface area contributed by atoms with Crippen LogP contribution in [0.15, 0.2) is 12.2 Å². The minimum Gasteiger partial charge on any atom is -0.396 e. The van der Waals surface area contributed by atoms with Crippen molar-refractivity contribution in [2.24, 2.45) is 16.7 Å². The Morgan fingerprint density at radius 1 is 1.00 bits per heavy atom. The summed E-state index contributed by atoms with van der Waals surface area (Å²) in [5.41, 5.74) is 0.212. The van der Waals surface area contributed by atoms with E-state index < -0.39 is 0 Å². The molecule has 0 heterocycles. The molecule has 0 aromatic carbocycles. The molecule has 0 bridgehead atoms. The molecule has 0 saturated carbocycles. The van der Waals surface area contributed by atoms with Crippen molar-refractivity contribution < 1.29 is 9.90 Å². The van der Waals surface area contributed by atoms with Gasteiger partial charge in [0.1, 0.15) is 0 Å². The molecular weight excluding hydrogens is 298 g/mol. The van der Waals surface area contributed by atoms with Crippen LogP contribution in [0.1, 0.15) is 87.5 Å². The van der Waals surface area contributed by atoms with Gasteiger partial charge < -0.3 is 10.4 Å². The number of nitrogens with one attached hydrogen (secondary N) is 1. The highest BCUT2D eigenvalue weighted by Crippen LogP contribution is 2.30. The Labute approximate surface area is 150 Å². The zero-order valence-corrected chi connectivity index (χ0v) is 17.3. The zero-order chi connectivity index (χ0) is 19.0. The second-order valence-electron chi connectivity index (χ2n) is 9.89. The fourth-order valence-corrected chi connectivity index (χ4v) is 2.48. The van der Waals surface area contributed by atoms with Gasteiger partial charge in [0.05, 0.1) is 0 Å². The van der Waals surface area contributed by atoms with Crippen molar-refractivity contribution in [3.63, 3.8) is 0 Å². The van der Waals surface area contributed by atoms with E-state index in [1.807, 2.05) is 20.8 Å². The highest BCUT2D eigenvalue weighted by Gasteiger charge is 2.25. The van der Waals surface area contributed by atoms with Gasteiger partial charge in [0, 0.05) is 18.1 Å². The summed E-state index contributed by atoms with van der Waals surface area (Å²) in [6.45, 7) is 17.3. The molecule has 0 aliphatic carbocycles. The van der Waals surface area contributed by atoms with Crippen LogP contribution in [0.4, 0.5) is 0 Å². The summed E-state index contributed by atoms with van der Waals surface area (Å²) in [4.78, 5) is 12.3. The van der Waals surface area contributed by atoms with Crippen LogP contribution in [0.5, 0.6) is 0 Å². The quantitative estimate of drug-likeness (QED) is 0.545. The predicted molar refractivity (Wildman–Crippen MR) is 104 cm³/mol. The van der Waals surface area contributed by atoms with E-state index in [-0.39, 0.29) is 29.4 Å². The average Bonchev–Trinajstić information content (AvgIpc) is 2.39. The van der Waals surface area contributed by atoms with Crippen molar-refractivity contribution in [3.05, 3.63) is 12.2 Å². The van der Waals surface area contributed by atoms with Crippen LogP contribution >= 0.6 is 0 Å². The number of amides is 1. The first kappa shape index (κ1) is 23.2. The molecule has 1 atom stereocenters. The Bertz CT molecular complexity index is 403. The molecule has 24 heavy (non-hydrogen) atoms. The Balaban J connectivity index is 4.31. The van der Waals surface area contributed by atoms with Crippen molar-refractivity contribution in [3.8, 4) is 0 Å². The molecule has 0 aromatic heterocycles. The number of aliphatic hydroxyl groups is 1. The molecule has 0 saturated heterocycles. The maximum absolute atomic E-state index is 12.3. The SMILES string of the molecule is CC(CCC(C)(C)C/C=C\CC(C)(C)C)C(=O)NC(C)(C)CCO. The standard InChI is InChI=1S/C21H41NO2/c1-17(18(24)22-21(7,8)15-16-23)11-14-20(5,6)13-10-9-12-19(2,3)4/h9-10,17,23H,11-16H2,1-8H3,(H,22,24)/b10-9-. The molecule has 0 fully saturated rings. The van der Waals surface area contributed by atoms with E-state index in [1.165, 1.54) is 0 Å². The normalized spacial score (nSPS) is 14.9. The highest BCUT2D eigenvalue weighted by atomic mass is 16.3. The summed E-state index contributed by atoms with van der Waals surface area (Å²) in [5, 5.41) is 12.1. The Morgan fingerprint density at radius 3 is 2.04 bits per heavy atom. The molecule has 3 heteroatoms.